The Morgan fingerprint density at radius 2 is 2.10 bits per heavy atom. The van der Waals surface area contributed by atoms with Crippen molar-refractivity contribution in [2.75, 3.05) is 12.0 Å². The minimum atomic E-state index is -0.360. The Morgan fingerprint density at radius 3 is 2.67 bits per heavy atom. The van der Waals surface area contributed by atoms with Gasteiger partial charge in [-0.25, -0.2) is 0 Å². The van der Waals surface area contributed by atoms with Crippen LogP contribution in [-0.2, 0) is 6.54 Å². The third kappa shape index (κ3) is 3.92. The molecular weight excluding hydrogens is 268 g/mol. The smallest absolute Gasteiger partial charge is 0.269 e. The van der Waals surface area contributed by atoms with Crippen molar-refractivity contribution in [1.82, 2.24) is 4.90 Å². The molecule has 1 aliphatic rings. The predicted octanol–water partition coefficient (Wildman–Crippen LogP) is 3.04. The van der Waals surface area contributed by atoms with Gasteiger partial charge in [-0.05, 0) is 31.0 Å². The molecule has 0 atom stereocenters. The van der Waals surface area contributed by atoms with Gasteiger partial charge >= 0.3 is 0 Å². The molecule has 3 N–H and O–H groups in total. The number of nitrogen functional groups attached to an aromatic ring is 1. The second kappa shape index (κ2) is 7.38. The average molecular weight is 292 g/mol. The van der Waals surface area contributed by atoms with Crippen molar-refractivity contribution < 1.29 is 4.92 Å². The molecule has 6 nitrogen and oxygen atoms in total. The van der Waals surface area contributed by atoms with E-state index >= 15 is 0 Å². The Balaban J connectivity index is 2.18. The first-order chi connectivity index (χ1) is 10.2. The molecule has 0 amide bonds. The van der Waals surface area contributed by atoms with Gasteiger partial charge in [0.05, 0.1) is 10.6 Å². The Labute approximate surface area is 125 Å². The second-order valence-electron chi connectivity index (χ2n) is 5.60. The van der Waals surface area contributed by atoms with Gasteiger partial charge < -0.3 is 5.43 Å². The summed E-state index contributed by atoms with van der Waals surface area (Å²) in [6, 6.07) is 5.37. The molecule has 1 aromatic carbocycles. The molecular formula is C15H24N4O2. The topological polar surface area (TPSA) is 84.4 Å². The zero-order chi connectivity index (χ0) is 15.2. The van der Waals surface area contributed by atoms with E-state index in [0.717, 1.165) is 17.8 Å². The highest BCUT2D eigenvalue weighted by molar-refractivity contribution is 5.55. The van der Waals surface area contributed by atoms with Crippen molar-refractivity contribution in [1.29, 1.82) is 0 Å². The summed E-state index contributed by atoms with van der Waals surface area (Å²) in [6.45, 7) is 3.78. The van der Waals surface area contributed by atoms with Crippen LogP contribution in [0.5, 0.6) is 0 Å². The largest absolute Gasteiger partial charge is 0.324 e. The number of hydrogen-bond donors (Lipinski definition) is 2. The van der Waals surface area contributed by atoms with E-state index in [9.17, 15) is 10.1 Å². The fourth-order valence-corrected chi connectivity index (χ4v) is 3.13. The van der Waals surface area contributed by atoms with Gasteiger partial charge in [-0.15, -0.1) is 0 Å². The number of hydrazine groups is 1. The lowest BCUT2D eigenvalue weighted by Crippen LogP contribution is -2.36. The highest BCUT2D eigenvalue weighted by Crippen LogP contribution is 2.27. The lowest BCUT2D eigenvalue weighted by atomic mass is 9.93. The van der Waals surface area contributed by atoms with E-state index in [1.807, 2.05) is 0 Å². The number of nitrogens with zero attached hydrogens (tertiary/aromatic N) is 2. The van der Waals surface area contributed by atoms with Crippen LogP contribution in [0, 0.1) is 10.1 Å². The number of non-ortho nitro benzene ring substituents is 1. The molecule has 0 aromatic heterocycles. The number of hydrogen-bond acceptors (Lipinski definition) is 5. The molecule has 21 heavy (non-hydrogen) atoms. The first-order valence-electron chi connectivity index (χ1n) is 7.63. The molecule has 1 aromatic rings. The molecule has 1 aliphatic carbocycles. The van der Waals surface area contributed by atoms with Gasteiger partial charge in [0, 0.05) is 24.7 Å². The van der Waals surface area contributed by atoms with Crippen molar-refractivity contribution in [2.45, 2.75) is 51.6 Å². The van der Waals surface area contributed by atoms with Crippen LogP contribution in [0.25, 0.3) is 0 Å². The summed E-state index contributed by atoms with van der Waals surface area (Å²) in [5.74, 6) is 5.53. The summed E-state index contributed by atoms with van der Waals surface area (Å²) >= 11 is 0. The fourth-order valence-electron chi connectivity index (χ4n) is 3.13. The quantitative estimate of drug-likeness (QED) is 0.478. The summed E-state index contributed by atoms with van der Waals surface area (Å²) in [4.78, 5) is 13.0. The van der Waals surface area contributed by atoms with Crippen LogP contribution in [0.2, 0.25) is 0 Å². The van der Waals surface area contributed by atoms with Crippen molar-refractivity contribution in [3.05, 3.63) is 33.9 Å². The number of nitrogens with two attached hydrogens (primary N) is 1. The molecule has 0 saturated heterocycles. The average Bonchev–Trinajstić information content (AvgIpc) is 2.53. The van der Waals surface area contributed by atoms with Crippen LogP contribution < -0.4 is 11.3 Å². The summed E-state index contributed by atoms with van der Waals surface area (Å²) in [5.41, 5.74) is 4.41. The Hall–Kier alpha value is -1.66. The molecule has 116 valence electrons. The molecule has 0 spiro atoms. The van der Waals surface area contributed by atoms with Gasteiger partial charge in [0.25, 0.3) is 5.69 Å². The van der Waals surface area contributed by atoms with E-state index in [0.29, 0.717) is 12.6 Å². The molecule has 0 aliphatic heterocycles. The number of anilines is 1. The van der Waals surface area contributed by atoms with Gasteiger partial charge in [0.2, 0.25) is 0 Å². The Bertz CT molecular complexity index is 487. The Kier molecular flexibility index (Phi) is 5.52. The number of nitro benzene ring substituents is 1. The van der Waals surface area contributed by atoms with Crippen LogP contribution in [0.15, 0.2) is 18.2 Å². The maximum atomic E-state index is 11.0. The Morgan fingerprint density at radius 1 is 1.38 bits per heavy atom. The SMILES string of the molecule is CCN(Cc1cc([N+](=O)[O-])ccc1NN)C1CCCCC1. The van der Waals surface area contributed by atoms with Gasteiger partial charge in [0.15, 0.2) is 0 Å². The number of nitro groups is 1. The molecule has 1 saturated carbocycles. The predicted molar refractivity (Wildman–Crippen MR) is 83.9 cm³/mol. The number of benzene rings is 1. The van der Waals surface area contributed by atoms with Crippen LogP contribution >= 0.6 is 0 Å². The van der Waals surface area contributed by atoms with Crippen molar-refractivity contribution in [3.8, 4) is 0 Å². The summed E-state index contributed by atoms with van der Waals surface area (Å²) in [7, 11) is 0. The van der Waals surface area contributed by atoms with E-state index in [1.54, 1.807) is 12.1 Å². The molecule has 0 heterocycles. The zero-order valence-corrected chi connectivity index (χ0v) is 12.5. The minimum Gasteiger partial charge on any atom is -0.324 e. The van der Waals surface area contributed by atoms with Gasteiger partial charge in [-0.3, -0.25) is 20.9 Å². The molecule has 0 unspecified atom stereocenters. The maximum absolute atomic E-state index is 11.0. The first-order valence-corrected chi connectivity index (χ1v) is 7.63. The highest BCUT2D eigenvalue weighted by atomic mass is 16.6. The third-order valence-corrected chi connectivity index (χ3v) is 4.33. The van der Waals surface area contributed by atoms with E-state index in [-0.39, 0.29) is 10.6 Å². The van der Waals surface area contributed by atoms with Gasteiger partial charge in [-0.2, -0.15) is 0 Å². The van der Waals surface area contributed by atoms with Crippen molar-refractivity contribution in [3.63, 3.8) is 0 Å². The molecule has 0 bridgehead atoms. The standard InChI is InChI=1S/C15H24N4O2/c1-2-18(13-6-4-3-5-7-13)11-12-10-14(19(20)21)8-9-15(12)17-16/h8-10,13,17H,2-7,11,16H2,1H3. The molecule has 0 radical (unpaired) electrons. The summed E-state index contributed by atoms with van der Waals surface area (Å²) < 4.78 is 0. The van der Waals surface area contributed by atoms with Gasteiger partial charge in [-0.1, -0.05) is 26.2 Å². The number of nitrogens with one attached hydrogen (secondary N) is 1. The first kappa shape index (κ1) is 15.7. The summed E-state index contributed by atoms with van der Waals surface area (Å²) in [6.07, 6.45) is 6.30. The maximum Gasteiger partial charge on any atom is 0.269 e. The van der Waals surface area contributed by atoms with E-state index in [1.165, 1.54) is 38.2 Å². The van der Waals surface area contributed by atoms with Crippen LogP contribution in [-0.4, -0.2) is 22.4 Å². The summed E-state index contributed by atoms with van der Waals surface area (Å²) in [5, 5.41) is 11.0. The second-order valence-corrected chi connectivity index (χ2v) is 5.60. The fraction of sp³-hybridized carbons (Fsp3) is 0.600. The van der Waals surface area contributed by atoms with E-state index in [2.05, 4.69) is 17.2 Å². The van der Waals surface area contributed by atoms with E-state index in [4.69, 9.17) is 5.84 Å². The molecule has 2 rings (SSSR count). The normalized spacial score (nSPS) is 16.1. The zero-order valence-electron chi connectivity index (χ0n) is 12.5. The lowest BCUT2D eigenvalue weighted by molar-refractivity contribution is -0.384. The monoisotopic (exact) mass is 292 g/mol. The van der Waals surface area contributed by atoms with Crippen molar-refractivity contribution in [2.24, 2.45) is 5.84 Å². The molecule has 1 fully saturated rings. The highest BCUT2D eigenvalue weighted by Gasteiger charge is 2.21. The van der Waals surface area contributed by atoms with Gasteiger partial charge in [0.1, 0.15) is 0 Å². The lowest BCUT2D eigenvalue weighted by Gasteiger charge is -2.33. The van der Waals surface area contributed by atoms with Crippen LogP contribution in [0.3, 0.4) is 0 Å². The van der Waals surface area contributed by atoms with Crippen molar-refractivity contribution >= 4 is 11.4 Å². The molecule has 6 heteroatoms. The third-order valence-electron chi connectivity index (χ3n) is 4.33. The van der Waals surface area contributed by atoms with Crippen LogP contribution in [0.4, 0.5) is 11.4 Å². The van der Waals surface area contributed by atoms with E-state index < -0.39 is 0 Å². The number of rotatable bonds is 6. The van der Waals surface area contributed by atoms with Crippen LogP contribution in [0.1, 0.15) is 44.6 Å². The minimum absolute atomic E-state index is 0.115.